The van der Waals surface area contributed by atoms with Crippen LogP contribution in [0.4, 0.5) is 0 Å². The molecule has 0 amide bonds. The number of hydrogen-bond acceptors (Lipinski definition) is 2. The normalized spacial score (nSPS) is 12.2. The van der Waals surface area contributed by atoms with E-state index >= 15 is 0 Å². The van der Waals surface area contributed by atoms with Gasteiger partial charge < -0.3 is 10.1 Å². The molecule has 0 saturated heterocycles. The van der Waals surface area contributed by atoms with Gasteiger partial charge in [-0.2, -0.15) is 0 Å². The van der Waals surface area contributed by atoms with E-state index in [4.69, 9.17) is 4.74 Å². The minimum atomic E-state index is 0.375. The fraction of sp³-hybridized carbons (Fsp3) is 0.429. The predicted octanol–water partition coefficient (Wildman–Crippen LogP) is 3.31. The number of ether oxygens (including phenoxy) is 1. The molecule has 0 spiro atoms. The van der Waals surface area contributed by atoms with Gasteiger partial charge in [0, 0.05) is 6.04 Å². The Labute approximate surface area is 98.3 Å². The largest absolute Gasteiger partial charge is 0.489 e. The summed E-state index contributed by atoms with van der Waals surface area (Å²) in [6.45, 7) is 8.74. The maximum atomic E-state index is 5.61. The van der Waals surface area contributed by atoms with Gasteiger partial charge in [0.15, 0.2) is 0 Å². The Hall–Kier alpha value is -1.28. The zero-order valence-electron chi connectivity index (χ0n) is 10.4. The second-order valence-electron chi connectivity index (χ2n) is 3.97. The number of hydrogen-bond donors (Lipinski definition) is 1. The molecule has 0 heterocycles. The van der Waals surface area contributed by atoms with Crippen LogP contribution < -0.4 is 10.1 Å². The molecule has 1 aromatic rings. The van der Waals surface area contributed by atoms with Crippen LogP contribution in [0.2, 0.25) is 0 Å². The van der Waals surface area contributed by atoms with Crippen molar-refractivity contribution in [3.05, 3.63) is 42.0 Å². The molecule has 16 heavy (non-hydrogen) atoms. The van der Waals surface area contributed by atoms with Gasteiger partial charge in [-0.1, -0.05) is 25.6 Å². The van der Waals surface area contributed by atoms with Crippen molar-refractivity contribution < 1.29 is 4.74 Å². The van der Waals surface area contributed by atoms with Crippen LogP contribution in [0.15, 0.2) is 36.4 Å². The zero-order valence-corrected chi connectivity index (χ0v) is 10.4. The number of rotatable bonds is 6. The Kier molecular flexibility index (Phi) is 5.06. The molecule has 0 aliphatic heterocycles. The summed E-state index contributed by atoms with van der Waals surface area (Å²) in [6, 6.07) is 8.56. The third-order valence-electron chi connectivity index (χ3n) is 2.76. The van der Waals surface area contributed by atoms with Crippen molar-refractivity contribution >= 4 is 0 Å². The van der Waals surface area contributed by atoms with Crippen LogP contribution in [-0.2, 0) is 0 Å². The summed E-state index contributed by atoms with van der Waals surface area (Å²) in [5.41, 5.74) is 2.39. The number of benzene rings is 1. The van der Waals surface area contributed by atoms with Gasteiger partial charge in [0.25, 0.3) is 0 Å². The minimum absolute atomic E-state index is 0.375. The van der Waals surface area contributed by atoms with Gasteiger partial charge in [-0.25, -0.2) is 0 Å². The third-order valence-corrected chi connectivity index (χ3v) is 2.76. The van der Waals surface area contributed by atoms with Gasteiger partial charge in [0.1, 0.15) is 12.4 Å². The van der Waals surface area contributed by atoms with Crippen molar-refractivity contribution in [3.8, 4) is 5.75 Å². The SMILES string of the molecule is C=C(CC)COc1ccc(C(C)NC)cc1. The van der Waals surface area contributed by atoms with E-state index in [9.17, 15) is 0 Å². The van der Waals surface area contributed by atoms with E-state index in [1.165, 1.54) is 5.56 Å². The summed E-state index contributed by atoms with van der Waals surface area (Å²) in [4.78, 5) is 0. The Bertz CT molecular complexity index is 329. The first kappa shape index (κ1) is 12.8. The molecule has 0 saturated carbocycles. The van der Waals surface area contributed by atoms with E-state index in [1.54, 1.807) is 0 Å². The Morgan fingerprint density at radius 2 is 2.00 bits per heavy atom. The highest BCUT2D eigenvalue weighted by Gasteiger charge is 2.02. The second-order valence-corrected chi connectivity index (χ2v) is 3.97. The maximum Gasteiger partial charge on any atom is 0.119 e. The standard InChI is InChI=1S/C14H21NO/c1-5-11(2)10-16-14-8-6-13(7-9-14)12(3)15-4/h6-9,12,15H,2,5,10H2,1,3-4H3. The summed E-state index contributed by atoms with van der Waals surface area (Å²) in [5.74, 6) is 0.904. The average molecular weight is 219 g/mol. The Balaban J connectivity index is 2.54. The zero-order chi connectivity index (χ0) is 12.0. The van der Waals surface area contributed by atoms with E-state index in [-0.39, 0.29) is 0 Å². The summed E-state index contributed by atoms with van der Waals surface area (Å²) in [7, 11) is 1.96. The summed E-state index contributed by atoms with van der Waals surface area (Å²) < 4.78 is 5.61. The fourth-order valence-electron chi connectivity index (χ4n) is 1.31. The van der Waals surface area contributed by atoms with Crippen LogP contribution in [0.3, 0.4) is 0 Å². The van der Waals surface area contributed by atoms with Crippen LogP contribution >= 0.6 is 0 Å². The van der Waals surface area contributed by atoms with Crippen LogP contribution in [0.25, 0.3) is 0 Å². The second kappa shape index (κ2) is 6.33. The first-order valence-corrected chi connectivity index (χ1v) is 5.74. The number of nitrogens with one attached hydrogen (secondary N) is 1. The fourth-order valence-corrected chi connectivity index (χ4v) is 1.31. The average Bonchev–Trinajstić information content (AvgIpc) is 2.35. The van der Waals surface area contributed by atoms with Gasteiger partial charge in [-0.3, -0.25) is 0 Å². The van der Waals surface area contributed by atoms with E-state index < -0.39 is 0 Å². The molecule has 1 N–H and O–H groups in total. The van der Waals surface area contributed by atoms with E-state index in [1.807, 2.05) is 19.2 Å². The van der Waals surface area contributed by atoms with Crippen LogP contribution in [0.5, 0.6) is 5.75 Å². The lowest BCUT2D eigenvalue weighted by atomic mass is 10.1. The monoisotopic (exact) mass is 219 g/mol. The Morgan fingerprint density at radius 3 is 2.50 bits per heavy atom. The van der Waals surface area contributed by atoms with Gasteiger partial charge in [-0.05, 0) is 43.7 Å². The van der Waals surface area contributed by atoms with Crippen molar-refractivity contribution in [3.63, 3.8) is 0 Å². The lowest BCUT2D eigenvalue weighted by Crippen LogP contribution is -2.12. The minimum Gasteiger partial charge on any atom is -0.489 e. The van der Waals surface area contributed by atoms with E-state index in [2.05, 4.69) is 37.9 Å². The quantitative estimate of drug-likeness (QED) is 0.741. The van der Waals surface area contributed by atoms with Crippen molar-refractivity contribution in [2.75, 3.05) is 13.7 Å². The molecule has 2 nitrogen and oxygen atoms in total. The van der Waals surface area contributed by atoms with Gasteiger partial charge in [0.2, 0.25) is 0 Å². The van der Waals surface area contributed by atoms with Crippen LogP contribution in [0.1, 0.15) is 31.9 Å². The molecule has 0 fully saturated rings. The summed E-state index contributed by atoms with van der Waals surface area (Å²) >= 11 is 0. The summed E-state index contributed by atoms with van der Waals surface area (Å²) in [6.07, 6.45) is 0.967. The molecule has 88 valence electrons. The highest BCUT2D eigenvalue weighted by Crippen LogP contribution is 2.17. The predicted molar refractivity (Wildman–Crippen MR) is 68.8 cm³/mol. The molecule has 1 atom stereocenters. The molecule has 0 aliphatic rings. The highest BCUT2D eigenvalue weighted by molar-refractivity contribution is 5.29. The van der Waals surface area contributed by atoms with Crippen molar-refractivity contribution in [1.82, 2.24) is 5.32 Å². The molecular formula is C14H21NO. The van der Waals surface area contributed by atoms with Crippen LogP contribution in [0, 0.1) is 0 Å². The first-order chi connectivity index (χ1) is 7.67. The smallest absolute Gasteiger partial charge is 0.119 e. The molecule has 2 heteroatoms. The van der Waals surface area contributed by atoms with E-state index in [0.29, 0.717) is 12.6 Å². The molecule has 1 aromatic carbocycles. The maximum absolute atomic E-state index is 5.61. The Morgan fingerprint density at radius 1 is 1.38 bits per heavy atom. The molecular weight excluding hydrogens is 198 g/mol. The molecule has 0 radical (unpaired) electrons. The third kappa shape index (κ3) is 3.70. The van der Waals surface area contributed by atoms with E-state index in [0.717, 1.165) is 17.7 Å². The van der Waals surface area contributed by atoms with Gasteiger partial charge in [-0.15, -0.1) is 0 Å². The van der Waals surface area contributed by atoms with Crippen LogP contribution in [-0.4, -0.2) is 13.7 Å². The van der Waals surface area contributed by atoms with Crippen molar-refractivity contribution in [1.29, 1.82) is 0 Å². The molecule has 0 aliphatic carbocycles. The van der Waals surface area contributed by atoms with Crippen molar-refractivity contribution in [2.45, 2.75) is 26.3 Å². The summed E-state index contributed by atoms with van der Waals surface area (Å²) in [5, 5.41) is 3.21. The molecule has 0 bridgehead atoms. The van der Waals surface area contributed by atoms with Gasteiger partial charge >= 0.3 is 0 Å². The van der Waals surface area contributed by atoms with Gasteiger partial charge in [0.05, 0.1) is 0 Å². The topological polar surface area (TPSA) is 21.3 Å². The molecule has 1 rings (SSSR count). The lowest BCUT2D eigenvalue weighted by molar-refractivity contribution is 0.349. The lowest BCUT2D eigenvalue weighted by Gasteiger charge is -2.12. The highest BCUT2D eigenvalue weighted by atomic mass is 16.5. The molecule has 1 unspecified atom stereocenters. The molecule has 0 aromatic heterocycles. The first-order valence-electron chi connectivity index (χ1n) is 5.74. The van der Waals surface area contributed by atoms with Crippen molar-refractivity contribution in [2.24, 2.45) is 0 Å².